The molecule has 136 valence electrons. The van der Waals surface area contributed by atoms with Gasteiger partial charge in [0.2, 0.25) is 6.10 Å². The monoisotopic (exact) mass is 373 g/mol. The number of thiophene rings is 1. The molecule has 0 radical (unpaired) electrons. The van der Waals surface area contributed by atoms with Crippen LogP contribution in [0, 0.1) is 0 Å². The van der Waals surface area contributed by atoms with Crippen molar-refractivity contribution in [2.24, 2.45) is 0 Å². The molecule has 0 spiro atoms. The first-order valence-corrected chi connectivity index (χ1v) is 9.36. The number of methoxy groups -OCH3 is 1. The molecule has 2 atom stereocenters. The topological polar surface area (TPSA) is 73.9 Å². The van der Waals surface area contributed by atoms with Crippen LogP contribution in [0.3, 0.4) is 0 Å². The van der Waals surface area contributed by atoms with E-state index in [-0.39, 0.29) is 5.91 Å². The van der Waals surface area contributed by atoms with Gasteiger partial charge in [0.15, 0.2) is 11.5 Å². The van der Waals surface area contributed by atoms with E-state index in [0.29, 0.717) is 22.1 Å². The summed E-state index contributed by atoms with van der Waals surface area (Å²) in [6, 6.07) is 7.25. The smallest absolute Gasteiger partial charge is 0.341 e. The molecule has 1 N–H and O–H groups in total. The maximum absolute atomic E-state index is 12.8. The molecular weight excluding hydrogens is 354 g/mol. The van der Waals surface area contributed by atoms with Crippen LogP contribution in [-0.2, 0) is 22.4 Å². The average Bonchev–Trinajstić information content (AvgIpc) is 3.21. The van der Waals surface area contributed by atoms with Crippen LogP contribution in [0.4, 0.5) is 5.00 Å². The molecule has 1 aliphatic heterocycles. The maximum atomic E-state index is 12.8. The Morgan fingerprint density at radius 1 is 1.19 bits per heavy atom. The van der Waals surface area contributed by atoms with Gasteiger partial charge in [-0.1, -0.05) is 12.1 Å². The van der Waals surface area contributed by atoms with Crippen molar-refractivity contribution in [2.75, 3.05) is 12.4 Å². The normalized spacial score (nSPS) is 20.4. The van der Waals surface area contributed by atoms with Crippen LogP contribution < -0.4 is 14.8 Å². The standard InChI is InChI=1S/C19H19NO5S/c1-10-16(25-13-8-4-3-7-12(13)24-10)17(21)20-18-15(19(22)23-2)11-6-5-9-14(11)26-18/h3-4,7-8,10,16H,5-6,9H2,1-2H3,(H,20,21)/t10-,16+/m0/s1. The predicted molar refractivity (Wildman–Crippen MR) is 97.3 cm³/mol. The Kier molecular flexibility index (Phi) is 4.32. The van der Waals surface area contributed by atoms with E-state index in [0.717, 1.165) is 29.7 Å². The molecule has 0 unspecified atom stereocenters. The van der Waals surface area contributed by atoms with Crippen molar-refractivity contribution in [3.63, 3.8) is 0 Å². The Morgan fingerprint density at radius 2 is 1.92 bits per heavy atom. The third-order valence-corrected chi connectivity index (χ3v) is 5.86. The molecular formula is C19H19NO5S. The number of hydrogen-bond donors (Lipinski definition) is 1. The fourth-order valence-corrected chi connectivity index (χ4v) is 4.68. The number of ether oxygens (including phenoxy) is 3. The largest absolute Gasteiger partial charge is 0.482 e. The fraction of sp³-hybridized carbons (Fsp3) is 0.368. The van der Waals surface area contributed by atoms with Crippen molar-refractivity contribution in [3.05, 3.63) is 40.3 Å². The molecule has 6 nitrogen and oxygen atoms in total. The van der Waals surface area contributed by atoms with Crippen LogP contribution in [0.25, 0.3) is 0 Å². The highest BCUT2D eigenvalue weighted by atomic mass is 32.1. The van der Waals surface area contributed by atoms with Gasteiger partial charge in [0.1, 0.15) is 11.1 Å². The third-order valence-electron chi connectivity index (χ3n) is 4.65. The molecule has 1 aliphatic carbocycles. The van der Waals surface area contributed by atoms with Gasteiger partial charge in [-0.15, -0.1) is 11.3 Å². The fourth-order valence-electron chi connectivity index (χ4n) is 3.40. The lowest BCUT2D eigenvalue weighted by Crippen LogP contribution is -2.46. The van der Waals surface area contributed by atoms with E-state index < -0.39 is 18.2 Å². The van der Waals surface area contributed by atoms with Gasteiger partial charge in [-0.25, -0.2) is 4.79 Å². The summed E-state index contributed by atoms with van der Waals surface area (Å²) < 4.78 is 16.5. The van der Waals surface area contributed by atoms with Gasteiger partial charge >= 0.3 is 5.97 Å². The van der Waals surface area contributed by atoms with Crippen molar-refractivity contribution in [1.29, 1.82) is 0 Å². The van der Waals surface area contributed by atoms with Crippen LogP contribution in [0.2, 0.25) is 0 Å². The van der Waals surface area contributed by atoms with E-state index >= 15 is 0 Å². The molecule has 2 aromatic rings. The molecule has 1 amide bonds. The first-order chi connectivity index (χ1) is 12.6. The highest BCUT2D eigenvalue weighted by Crippen LogP contribution is 2.40. The SMILES string of the molecule is COC(=O)c1c(NC(=O)[C@@H]2Oc3ccccc3O[C@H]2C)sc2c1CCC2. The van der Waals surface area contributed by atoms with E-state index in [1.807, 2.05) is 12.1 Å². The number of benzene rings is 1. The average molecular weight is 373 g/mol. The Labute approximate surface area is 155 Å². The van der Waals surface area contributed by atoms with Crippen LogP contribution in [0.1, 0.15) is 34.1 Å². The molecule has 2 aliphatic rings. The van der Waals surface area contributed by atoms with Crippen LogP contribution in [0.5, 0.6) is 11.5 Å². The number of nitrogens with one attached hydrogen (secondary N) is 1. The number of aryl methyl sites for hydroxylation is 1. The summed E-state index contributed by atoms with van der Waals surface area (Å²) in [5.74, 6) is 0.401. The van der Waals surface area contributed by atoms with Crippen molar-refractivity contribution >= 4 is 28.2 Å². The Hall–Kier alpha value is -2.54. The molecule has 0 fully saturated rings. The minimum absolute atomic E-state index is 0.336. The van der Waals surface area contributed by atoms with Gasteiger partial charge in [-0.2, -0.15) is 0 Å². The van der Waals surface area contributed by atoms with Crippen LogP contribution >= 0.6 is 11.3 Å². The van der Waals surface area contributed by atoms with E-state index in [9.17, 15) is 9.59 Å². The molecule has 0 bridgehead atoms. The zero-order valence-corrected chi connectivity index (χ0v) is 15.4. The minimum Gasteiger partial charge on any atom is -0.482 e. The predicted octanol–water partition coefficient (Wildman–Crippen LogP) is 3.19. The Bertz CT molecular complexity index is 875. The third kappa shape index (κ3) is 2.82. The summed E-state index contributed by atoms with van der Waals surface area (Å²) in [6.45, 7) is 1.79. The lowest BCUT2D eigenvalue weighted by molar-refractivity contribution is -0.127. The first-order valence-electron chi connectivity index (χ1n) is 8.54. The highest BCUT2D eigenvalue weighted by Gasteiger charge is 2.36. The molecule has 2 heterocycles. The molecule has 26 heavy (non-hydrogen) atoms. The second kappa shape index (κ2) is 6.64. The second-order valence-corrected chi connectivity index (χ2v) is 7.46. The number of carbonyl (C=O) groups excluding carboxylic acids is 2. The summed E-state index contributed by atoms with van der Waals surface area (Å²) in [7, 11) is 1.35. The molecule has 1 aromatic heterocycles. The maximum Gasteiger partial charge on any atom is 0.341 e. The first kappa shape index (κ1) is 16.9. The van der Waals surface area contributed by atoms with Crippen LogP contribution in [-0.4, -0.2) is 31.2 Å². The molecule has 4 rings (SSSR count). The zero-order valence-electron chi connectivity index (χ0n) is 14.5. The highest BCUT2D eigenvalue weighted by molar-refractivity contribution is 7.17. The lowest BCUT2D eigenvalue weighted by Gasteiger charge is -2.30. The van der Waals surface area contributed by atoms with E-state index in [2.05, 4.69) is 5.32 Å². The van der Waals surface area contributed by atoms with E-state index in [4.69, 9.17) is 14.2 Å². The van der Waals surface area contributed by atoms with Crippen molar-refractivity contribution < 1.29 is 23.8 Å². The molecule has 7 heteroatoms. The van der Waals surface area contributed by atoms with Crippen LogP contribution in [0.15, 0.2) is 24.3 Å². The van der Waals surface area contributed by atoms with Gasteiger partial charge in [0.25, 0.3) is 5.91 Å². The van der Waals surface area contributed by atoms with Gasteiger partial charge < -0.3 is 19.5 Å². The van der Waals surface area contributed by atoms with Gasteiger partial charge in [-0.05, 0) is 43.9 Å². The zero-order chi connectivity index (χ0) is 18.3. The van der Waals surface area contributed by atoms with Gasteiger partial charge in [0, 0.05) is 4.88 Å². The quantitative estimate of drug-likeness (QED) is 0.837. The second-order valence-electron chi connectivity index (χ2n) is 6.35. The number of fused-ring (bicyclic) bond motifs is 2. The minimum atomic E-state index is -0.799. The number of amides is 1. The van der Waals surface area contributed by atoms with Gasteiger partial charge in [-0.3, -0.25) is 4.79 Å². The summed E-state index contributed by atoms with van der Waals surface area (Å²) in [5, 5.41) is 3.39. The Morgan fingerprint density at radius 3 is 2.65 bits per heavy atom. The summed E-state index contributed by atoms with van der Waals surface area (Å²) in [4.78, 5) is 26.2. The molecule has 0 saturated carbocycles. The summed E-state index contributed by atoms with van der Waals surface area (Å²) in [5.41, 5.74) is 1.47. The van der Waals surface area contributed by atoms with Crippen molar-refractivity contribution in [1.82, 2.24) is 0 Å². The van der Waals surface area contributed by atoms with Gasteiger partial charge in [0.05, 0.1) is 12.7 Å². The van der Waals surface area contributed by atoms with E-state index in [1.165, 1.54) is 18.4 Å². The van der Waals surface area contributed by atoms with Crippen molar-refractivity contribution in [2.45, 2.75) is 38.4 Å². The Balaban J connectivity index is 1.59. The molecule has 0 saturated heterocycles. The summed E-state index contributed by atoms with van der Waals surface area (Å²) >= 11 is 1.44. The van der Waals surface area contributed by atoms with E-state index in [1.54, 1.807) is 19.1 Å². The molecule has 1 aromatic carbocycles. The number of esters is 1. The number of para-hydroxylation sites is 2. The van der Waals surface area contributed by atoms with Crippen molar-refractivity contribution in [3.8, 4) is 11.5 Å². The number of anilines is 1. The summed E-state index contributed by atoms with van der Waals surface area (Å²) in [6.07, 6.45) is 1.53. The number of carbonyl (C=O) groups is 2. The lowest BCUT2D eigenvalue weighted by atomic mass is 10.1. The number of rotatable bonds is 3. The number of hydrogen-bond acceptors (Lipinski definition) is 6.